The quantitative estimate of drug-likeness (QED) is 0.0892. The highest BCUT2D eigenvalue weighted by atomic mass is 32.2. The number of fused-ring (bicyclic) bond motifs is 2. The molecular formula is C20H26N10O11P2S2. The Labute approximate surface area is 260 Å². The molecule has 9 atom stereocenters. The molecule has 25 heteroatoms. The molecule has 1 unspecified atom stereocenters. The molecule has 2 aliphatic rings. The van der Waals surface area contributed by atoms with Crippen LogP contribution >= 0.6 is 39.2 Å². The maximum Gasteiger partial charge on any atom is 0.472 e. The van der Waals surface area contributed by atoms with Crippen molar-refractivity contribution in [2.45, 2.75) is 45.7 Å². The molecule has 2 fully saturated rings. The average Bonchev–Trinajstić information content (AvgIpc) is 3.73. The van der Waals surface area contributed by atoms with Gasteiger partial charge in [0.15, 0.2) is 22.9 Å². The van der Waals surface area contributed by atoms with E-state index in [0.717, 1.165) is 23.5 Å². The number of rotatable bonds is 10. The Kier molecular flexibility index (Phi) is 8.84. The molecule has 4 aromatic heterocycles. The summed E-state index contributed by atoms with van der Waals surface area (Å²) in [7, 11) is -9.99. The molecule has 0 amide bonds. The van der Waals surface area contributed by atoms with Gasteiger partial charge < -0.3 is 41.5 Å². The lowest BCUT2D eigenvalue weighted by atomic mass is 10.1. The number of aliphatic hydroxyl groups is 3. The normalized spacial score (nSPS) is 30.4. The first kappa shape index (κ1) is 32.4. The largest absolute Gasteiger partial charge is 0.472 e. The Morgan fingerprint density at radius 1 is 0.733 bits per heavy atom. The number of imidazole rings is 2. The van der Waals surface area contributed by atoms with Gasteiger partial charge in [-0.3, -0.25) is 22.7 Å². The minimum Gasteiger partial charge on any atom is -0.389 e. The van der Waals surface area contributed by atoms with Crippen molar-refractivity contribution in [1.29, 1.82) is 0 Å². The molecule has 2 saturated heterocycles. The van der Waals surface area contributed by atoms with E-state index in [1.54, 1.807) is 0 Å². The smallest absolute Gasteiger partial charge is 0.389 e. The van der Waals surface area contributed by atoms with Crippen molar-refractivity contribution in [2.24, 2.45) is 0 Å². The van der Waals surface area contributed by atoms with E-state index in [-0.39, 0.29) is 28.3 Å². The van der Waals surface area contributed by atoms with Crippen LogP contribution in [0.3, 0.4) is 0 Å². The number of aromatic nitrogens is 8. The summed E-state index contributed by atoms with van der Waals surface area (Å²) >= 11 is 1.93. The summed E-state index contributed by atoms with van der Waals surface area (Å²) in [6, 6.07) is 0. The van der Waals surface area contributed by atoms with Gasteiger partial charge in [0.2, 0.25) is 0 Å². The topological polar surface area (TPSA) is 322 Å². The molecular weight excluding hydrogens is 682 g/mol. The molecule has 0 aromatic carbocycles. The summed E-state index contributed by atoms with van der Waals surface area (Å²) in [5.74, 6) is 0.185. The zero-order valence-electron chi connectivity index (χ0n) is 22.5. The van der Waals surface area contributed by atoms with Gasteiger partial charge in [0.25, 0.3) is 0 Å². The number of hydrogen-bond donors (Lipinski definition) is 8. The van der Waals surface area contributed by atoms with Crippen molar-refractivity contribution in [2.75, 3.05) is 24.7 Å². The van der Waals surface area contributed by atoms with E-state index in [0.29, 0.717) is 5.65 Å². The van der Waals surface area contributed by atoms with Crippen LogP contribution in [-0.2, 0) is 22.7 Å². The van der Waals surface area contributed by atoms with E-state index in [9.17, 15) is 39.1 Å². The molecule has 0 radical (unpaired) electrons. The number of nitrogens with zero attached hydrogens (tertiary/aromatic N) is 8. The Balaban J connectivity index is 1.17. The summed E-state index contributed by atoms with van der Waals surface area (Å²) in [6.07, 6.45) is -0.833. The fourth-order valence-electron chi connectivity index (χ4n) is 4.95. The molecule has 4 aromatic rings. The van der Waals surface area contributed by atoms with Gasteiger partial charge in [-0.2, -0.15) is 0 Å². The first-order chi connectivity index (χ1) is 21.2. The highest BCUT2D eigenvalue weighted by Crippen LogP contribution is 2.54. The summed E-state index contributed by atoms with van der Waals surface area (Å²) in [5.41, 5.74) is 12.7. The molecule has 0 spiro atoms. The van der Waals surface area contributed by atoms with Crippen LogP contribution in [0.15, 0.2) is 25.3 Å². The van der Waals surface area contributed by atoms with Crippen LogP contribution in [-0.4, -0.2) is 117 Å². The van der Waals surface area contributed by atoms with Crippen molar-refractivity contribution >= 4 is 73.1 Å². The van der Waals surface area contributed by atoms with Gasteiger partial charge in [0.1, 0.15) is 52.7 Å². The summed E-state index contributed by atoms with van der Waals surface area (Å²) in [6.45, 7) is -1.27. The standard InChI is InChI=1S/C20H26N10O11P2S2/c21-15-9-17(25-3-23-15)29(5-27-9)19-12(32)11(31)7(44-19)1-40-43(37,38)41-14-8(2-39-42(34,35)36)45-20(13(14)33)30-6-28-10-16(22)24-4-26-18(10)30/h3-8,11-14,19-20,31-33H,1-2H2,(H,37,38)(H2,21,23,25)(H2,22,24,26)(H2,34,35,36)/t7-,8-,11-,12-,13-,14-,19-,20-/m1/s1. The molecule has 6 rings (SSSR count). The van der Waals surface area contributed by atoms with Crippen LogP contribution < -0.4 is 11.5 Å². The lowest BCUT2D eigenvalue weighted by Crippen LogP contribution is -2.36. The number of phosphoric acid groups is 2. The number of phosphoric ester groups is 2. The first-order valence-corrected chi connectivity index (χ1v) is 17.7. The predicted octanol–water partition coefficient (Wildman–Crippen LogP) is -1.25. The van der Waals surface area contributed by atoms with Crippen molar-refractivity contribution in [3.63, 3.8) is 0 Å². The second kappa shape index (κ2) is 12.3. The molecule has 0 saturated carbocycles. The zero-order valence-corrected chi connectivity index (χ0v) is 25.9. The van der Waals surface area contributed by atoms with Gasteiger partial charge in [0, 0.05) is 0 Å². The number of nitrogens with two attached hydrogens (primary N) is 2. The third kappa shape index (κ3) is 6.41. The fourth-order valence-corrected chi connectivity index (χ4v) is 9.48. The highest BCUT2D eigenvalue weighted by molar-refractivity contribution is 8.00. The molecule has 21 nitrogen and oxygen atoms in total. The van der Waals surface area contributed by atoms with Crippen molar-refractivity contribution in [3.05, 3.63) is 25.3 Å². The number of aliphatic hydroxyl groups excluding tert-OH is 3. The lowest BCUT2D eigenvalue weighted by Gasteiger charge is -2.25. The minimum absolute atomic E-state index is 0.0663. The van der Waals surface area contributed by atoms with E-state index in [4.69, 9.17) is 20.5 Å². The molecule has 0 aliphatic carbocycles. The number of anilines is 2. The third-order valence-corrected chi connectivity index (χ3v) is 11.6. The van der Waals surface area contributed by atoms with E-state index in [1.807, 2.05) is 0 Å². The zero-order chi connectivity index (χ0) is 32.3. The second-order valence-electron chi connectivity index (χ2n) is 9.89. The number of thioether (sulfide) groups is 2. The van der Waals surface area contributed by atoms with Crippen LogP contribution in [0.1, 0.15) is 10.7 Å². The maximum atomic E-state index is 13.1. The van der Waals surface area contributed by atoms with Crippen molar-refractivity contribution < 1.29 is 52.7 Å². The fraction of sp³-hybridized carbons (Fsp3) is 0.500. The molecule has 244 valence electrons. The first-order valence-electron chi connectivity index (χ1n) is 12.8. The lowest BCUT2D eigenvalue weighted by molar-refractivity contribution is -0.00579. The van der Waals surface area contributed by atoms with E-state index < -0.39 is 74.5 Å². The Morgan fingerprint density at radius 3 is 1.80 bits per heavy atom. The number of hydrogen-bond acceptors (Lipinski definition) is 18. The van der Waals surface area contributed by atoms with Crippen molar-refractivity contribution in [1.82, 2.24) is 39.0 Å². The van der Waals surface area contributed by atoms with Gasteiger partial charge >= 0.3 is 15.6 Å². The minimum atomic E-state index is -5.02. The summed E-state index contributed by atoms with van der Waals surface area (Å²) in [4.78, 5) is 53.4. The third-order valence-electron chi connectivity index (χ3n) is 7.03. The number of nitrogen functional groups attached to an aromatic ring is 2. The van der Waals surface area contributed by atoms with Crippen LogP contribution in [0.25, 0.3) is 22.3 Å². The second-order valence-corrected chi connectivity index (χ2v) is 15.3. The van der Waals surface area contributed by atoms with E-state index in [2.05, 4.69) is 34.4 Å². The molecule has 0 bridgehead atoms. The van der Waals surface area contributed by atoms with E-state index in [1.165, 1.54) is 34.4 Å². The van der Waals surface area contributed by atoms with Gasteiger partial charge in [-0.25, -0.2) is 39.0 Å². The maximum absolute atomic E-state index is 13.1. The van der Waals surface area contributed by atoms with Crippen molar-refractivity contribution in [3.8, 4) is 0 Å². The SMILES string of the molecule is Nc1ncnc2c1ncn2[C@@H]1S[C@H](COP(=O)(O)O[C@H]2[C@@H](O)[C@H](n3cnc4c(N)ncnc43)S[C@@H]2COP(=O)(O)O)[C@@H](O)[C@H]1O. The van der Waals surface area contributed by atoms with Gasteiger partial charge in [-0.05, 0) is 0 Å². The van der Waals surface area contributed by atoms with Gasteiger partial charge in [0.05, 0.1) is 42.5 Å². The van der Waals surface area contributed by atoms with Crippen LogP contribution in [0.2, 0.25) is 0 Å². The molecule has 45 heavy (non-hydrogen) atoms. The molecule has 6 heterocycles. The highest BCUT2D eigenvalue weighted by Gasteiger charge is 2.50. The molecule has 10 N–H and O–H groups in total. The average molecular weight is 709 g/mol. The summed E-state index contributed by atoms with van der Waals surface area (Å²) in [5, 5.41) is 28.8. The van der Waals surface area contributed by atoms with Gasteiger partial charge in [-0.15, -0.1) is 23.5 Å². The Morgan fingerprint density at radius 2 is 1.24 bits per heavy atom. The van der Waals surface area contributed by atoms with Crippen LogP contribution in [0.4, 0.5) is 11.6 Å². The summed E-state index contributed by atoms with van der Waals surface area (Å²) < 4.78 is 42.6. The van der Waals surface area contributed by atoms with Gasteiger partial charge in [-0.1, -0.05) is 0 Å². The Hall–Kier alpha value is -2.50. The Bertz CT molecular complexity index is 1810. The monoisotopic (exact) mass is 708 g/mol. The predicted molar refractivity (Wildman–Crippen MR) is 157 cm³/mol. The van der Waals surface area contributed by atoms with Crippen LogP contribution in [0.5, 0.6) is 0 Å². The molecule has 2 aliphatic heterocycles. The van der Waals surface area contributed by atoms with E-state index >= 15 is 0 Å². The van der Waals surface area contributed by atoms with Crippen LogP contribution in [0, 0.1) is 0 Å².